The predicted molar refractivity (Wildman–Crippen MR) is 52.1 cm³/mol. The van der Waals surface area contributed by atoms with Crippen molar-refractivity contribution >= 4 is 6.08 Å². The number of aryl methyl sites for hydroxylation is 1. The van der Waals surface area contributed by atoms with Gasteiger partial charge in [0.2, 0.25) is 0 Å². The van der Waals surface area contributed by atoms with Crippen molar-refractivity contribution in [3.05, 3.63) is 48.1 Å². The number of aromatic hydroxyl groups is 1. The van der Waals surface area contributed by atoms with Crippen molar-refractivity contribution in [2.45, 2.75) is 6.92 Å². The third-order valence-electron chi connectivity index (χ3n) is 1.67. The summed E-state index contributed by atoms with van der Waals surface area (Å²) in [7, 11) is 0. The van der Waals surface area contributed by atoms with E-state index in [0.29, 0.717) is 5.75 Å². The molecule has 0 saturated carbocycles. The molecule has 0 radical (unpaired) electrons. The molecular formula is C11H12O. The van der Waals surface area contributed by atoms with Crippen LogP contribution in [-0.2, 0) is 0 Å². The van der Waals surface area contributed by atoms with Crippen molar-refractivity contribution < 1.29 is 5.11 Å². The number of benzene rings is 1. The van der Waals surface area contributed by atoms with E-state index in [1.54, 1.807) is 18.2 Å². The highest BCUT2D eigenvalue weighted by molar-refractivity contribution is 5.56. The monoisotopic (exact) mass is 160 g/mol. The molecule has 0 aliphatic carbocycles. The van der Waals surface area contributed by atoms with Crippen LogP contribution in [0, 0.1) is 6.92 Å². The molecule has 1 rings (SSSR count). The van der Waals surface area contributed by atoms with Gasteiger partial charge in [0.25, 0.3) is 0 Å². The molecule has 1 nitrogen and oxygen atoms in total. The van der Waals surface area contributed by atoms with Gasteiger partial charge < -0.3 is 5.11 Å². The second-order valence-corrected chi connectivity index (χ2v) is 2.64. The van der Waals surface area contributed by atoms with Gasteiger partial charge in [0.15, 0.2) is 0 Å². The Kier molecular flexibility index (Phi) is 2.70. The number of allylic oxidation sites excluding steroid dienone is 2. The van der Waals surface area contributed by atoms with Crippen LogP contribution >= 0.6 is 0 Å². The summed E-state index contributed by atoms with van der Waals surface area (Å²) in [5, 5.41) is 9.18. The van der Waals surface area contributed by atoms with E-state index in [9.17, 15) is 5.11 Å². The van der Waals surface area contributed by atoms with Crippen LogP contribution in [0.25, 0.3) is 6.08 Å². The lowest BCUT2D eigenvalue weighted by molar-refractivity contribution is 0.475. The Hall–Kier alpha value is -1.50. The molecule has 0 amide bonds. The molecule has 62 valence electrons. The van der Waals surface area contributed by atoms with Crippen LogP contribution in [0.4, 0.5) is 0 Å². The topological polar surface area (TPSA) is 20.2 Å². The lowest BCUT2D eigenvalue weighted by Crippen LogP contribution is -1.78. The zero-order valence-electron chi connectivity index (χ0n) is 7.12. The van der Waals surface area contributed by atoms with Crippen LogP contribution in [0.3, 0.4) is 0 Å². The molecule has 1 aromatic rings. The number of rotatable bonds is 2. The standard InChI is InChI=1S/C11H12O/c1-3-4-5-10-8-11(12)7-6-9(10)2/h3-8,12H,1H2,2H3/b5-4-. The van der Waals surface area contributed by atoms with E-state index in [0.717, 1.165) is 11.1 Å². The van der Waals surface area contributed by atoms with Gasteiger partial charge in [0.05, 0.1) is 0 Å². The Morgan fingerprint density at radius 2 is 2.17 bits per heavy atom. The second-order valence-electron chi connectivity index (χ2n) is 2.64. The maximum Gasteiger partial charge on any atom is 0.116 e. The van der Waals surface area contributed by atoms with Crippen molar-refractivity contribution in [2.75, 3.05) is 0 Å². The van der Waals surface area contributed by atoms with E-state index in [4.69, 9.17) is 0 Å². The van der Waals surface area contributed by atoms with Crippen LogP contribution in [0.15, 0.2) is 36.9 Å². The summed E-state index contributed by atoms with van der Waals surface area (Å²) in [6.45, 7) is 5.58. The maximum absolute atomic E-state index is 9.18. The summed E-state index contributed by atoms with van der Waals surface area (Å²) < 4.78 is 0. The number of hydrogen-bond acceptors (Lipinski definition) is 1. The van der Waals surface area contributed by atoms with E-state index in [2.05, 4.69) is 6.58 Å². The Bertz CT molecular complexity index is 311. The summed E-state index contributed by atoms with van der Waals surface area (Å²) in [5.74, 6) is 0.296. The third kappa shape index (κ3) is 1.99. The number of hydrogen-bond donors (Lipinski definition) is 1. The highest BCUT2D eigenvalue weighted by atomic mass is 16.3. The van der Waals surface area contributed by atoms with Crippen LogP contribution in [0.2, 0.25) is 0 Å². The van der Waals surface area contributed by atoms with Gasteiger partial charge in [-0.15, -0.1) is 0 Å². The average molecular weight is 160 g/mol. The molecule has 0 unspecified atom stereocenters. The first-order valence-corrected chi connectivity index (χ1v) is 3.83. The highest BCUT2D eigenvalue weighted by Crippen LogP contribution is 2.16. The fraction of sp³-hybridized carbons (Fsp3) is 0.0909. The van der Waals surface area contributed by atoms with Gasteiger partial charge in [0, 0.05) is 0 Å². The first-order valence-electron chi connectivity index (χ1n) is 3.83. The van der Waals surface area contributed by atoms with Gasteiger partial charge in [0.1, 0.15) is 5.75 Å². The molecule has 0 atom stereocenters. The molecule has 0 spiro atoms. The minimum absolute atomic E-state index is 0.296. The van der Waals surface area contributed by atoms with Gasteiger partial charge in [-0.2, -0.15) is 0 Å². The molecule has 0 fully saturated rings. The normalized spacial score (nSPS) is 10.4. The molecule has 12 heavy (non-hydrogen) atoms. The number of phenols is 1. The molecule has 0 saturated heterocycles. The fourth-order valence-electron chi connectivity index (χ4n) is 0.979. The third-order valence-corrected chi connectivity index (χ3v) is 1.67. The van der Waals surface area contributed by atoms with E-state index < -0.39 is 0 Å². The van der Waals surface area contributed by atoms with Gasteiger partial charge >= 0.3 is 0 Å². The van der Waals surface area contributed by atoms with Crippen LogP contribution < -0.4 is 0 Å². The molecule has 0 heterocycles. The first-order chi connectivity index (χ1) is 5.74. The van der Waals surface area contributed by atoms with Gasteiger partial charge in [-0.1, -0.05) is 30.9 Å². The highest BCUT2D eigenvalue weighted by Gasteiger charge is 1.94. The van der Waals surface area contributed by atoms with Crippen LogP contribution in [0.1, 0.15) is 11.1 Å². The van der Waals surface area contributed by atoms with Crippen molar-refractivity contribution in [3.8, 4) is 5.75 Å². The Labute approximate surface area is 72.7 Å². The molecule has 1 N–H and O–H groups in total. The van der Waals surface area contributed by atoms with Crippen LogP contribution in [0.5, 0.6) is 5.75 Å². The zero-order valence-corrected chi connectivity index (χ0v) is 7.12. The lowest BCUT2D eigenvalue weighted by atomic mass is 10.1. The average Bonchev–Trinajstić information content (AvgIpc) is 2.07. The summed E-state index contributed by atoms with van der Waals surface area (Å²) in [6, 6.07) is 5.30. The molecule has 0 aromatic heterocycles. The summed E-state index contributed by atoms with van der Waals surface area (Å²) in [4.78, 5) is 0. The van der Waals surface area contributed by atoms with E-state index in [1.807, 2.05) is 25.1 Å². The van der Waals surface area contributed by atoms with Gasteiger partial charge in [-0.25, -0.2) is 0 Å². The minimum Gasteiger partial charge on any atom is -0.508 e. The summed E-state index contributed by atoms with van der Waals surface area (Å²) in [5.41, 5.74) is 2.17. The van der Waals surface area contributed by atoms with Gasteiger partial charge in [-0.05, 0) is 30.2 Å². The van der Waals surface area contributed by atoms with Crippen molar-refractivity contribution in [1.82, 2.24) is 0 Å². The van der Waals surface area contributed by atoms with E-state index in [1.165, 1.54) is 0 Å². The first kappa shape index (κ1) is 8.60. The van der Waals surface area contributed by atoms with Crippen molar-refractivity contribution in [3.63, 3.8) is 0 Å². The van der Waals surface area contributed by atoms with Crippen molar-refractivity contribution in [2.24, 2.45) is 0 Å². The Morgan fingerprint density at radius 3 is 2.83 bits per heavy atom. The molecule has 0 aliphatic heterocycles. The molecule has 0 bridgehead atoms. The largest absolute Gasteiger partial charge is 0.508 e. The second kappa shape index (κ2) is 3.77. The van der Waals surface area contributed by atoms with E-state index in [-0.39, 0.29) is 0 Å². The molecule has 1 heteroatoms. The number of phenolic OH excluding ortho intramolecular Hbond substituents is 1. The van der Waals surface area contributed by atoms with Crippen LogP contribution in [-0.4, -0.2) is 5.11 Å². The summed E-state index contributed by atoms with van der Waals surface area (Å²) in [6.07, 6.45) is 5.48. The quantitative estimate of drug-likeness (QED) is 0.659. The lowest BCUT2D eigenvalue weighted by Gasteiger charge is -1.99. The minimum atomic E-state index is 0.296. The molecule has 0 aliphatic rings. The maximum atomic E-state index is 9.18. The molecule has 1 aromatic carbocycles. The predicted octanol–water partition coefficient (Wildman–Crippen LogP) is 2.90. The van der Waals surface area contributed by atoms with E-state index >= 15 is 0 Å². The zero-order chi connectivity index (χ0) is 8.97. The van der Waals surface area contributed by atoms with Crippen molar-refractivity contribution in [1.29, 1.82) is 0 Å². The van der Waals surface area contributed by atoms with Gasteiger partial charge in [-0.3, -0.25) is 0 Å². The fourth-order valence-corrected chi connectivity index (χ4v) is 0.979. The Morgan fingerprint density at radius 1 is 1.42 bits per heavy atom. The SMILES string of the molecule is C=C/C=C\c1cc(O)ccc1C. The summed E-state index contributed by atoms with van der Waals surface area (Å²) >= 11 is 0. The smallest absolute Gasteiger partial charge is 0.116 e. The Balaban J connectivity index is 3.04. The molecular weight excluding hydrogens is 148 g/mol.